The van der Waals surface area contributed by atoms with Crippen LogP contribution in [-0.4, -0.2) is 24.0 Å². The molecule has 108 valence electrons. The Labute approximate surface area is 125 Å². The lowest BCUT2D eigenvalue weighted by molar-refractivity contribution is -0.124. The molecule has 0 saturated carbocycles. The molecule has 1 unspecified atom stereocenters. The van der Waals surface area contributed by atoms with Crippen molar-refractivity contribution in [2.24, 2.45) is 0 Å². The molecule has 4 nitrogen and oxygen atoms in total. The van der Waals surface area contributed by atoms with Crippen LogP contribution in [0.5, 0.6) is 0 Å². The lowest BCUT2D eigenvalue weighted by Crippen LogP contribution is -2.55. The second-order valence-corrected chi connectivity index (χ2v) is 6.37. The Bertz CT molecular complexity index is 732. The number of hydrogen-bond acceptors (Lipinski definition) is 4. The average Bonchev–Trinajstić information content (AvgIpc) is 2.78. The van der Waals surface area contributed by atoms with Crippen molar-refractivity contribution in [2.75, 3.05) is 11.9 Å². The third kappa shape index (κ3) is 2.24. The van der Waals surface area contributed by atoms with Gasteiger partial charge in [-0.2, -0.15) is 0 Å². The van der Waals surface area contributed by atoms with E-state index in [1.54, 1.807) is 17.8 Å². The summed E-state index contributed by atoms with van der Waals surface area (Å²) in [5.41, 5.74) is 0.802. The number of benzene rings is 2. The van der Waals surface area contributed by atoms with Crippen LogP contribution in [0, 0.1) is 5.82 Å². The number of hydrogen-bond donors (Lipinski definition) is 3. The molecule has 2 aliphatic rings. The predicted molar refractivity (Wildman–Crippen MR) is 81.7 cm³/mol. The van der Waals surface area contributed by atoms with Gasteiger partial charge in [0.25, 0.3) is 0 Å². The van der Waals surface area contributed by atoms with Gasteiger partial charge in [-0.3, -0.25) is 4.79 Å². The summed E-state index contributed by atoms with van der Waals surface area (Å²) >= 11 is 1.56. The number of halogens is 1. The molecule has 2 aliphatic heterocycles. The molecule has 0 spiro atoms. The first-order valence-corrected chi connectivity index (χ1v) is 7.78. The second kappa shape index (κ2) is 4.89. The van der Waals surface area contributed by atoms with Crippen LogP contribution in [0.4, 0.5) is 10.1 Å². The Kier molecular flexibility index (Phi) is 3.01. The molecule has 2 aromatic carbocycles. The Morgan fingerprint density at radius 2 is 2.19 bits per heavy atom. The molecule has 0 aromatic heterocycles. The highest BCUT2D eigenvalue weighted by Crippen LogP contribution is 2.42. The summed E-state index contributed by atoms with van der Waals surface area (Å²) in [6.45, 7) is 0.903. The van der Waals surface area contributed by atoms with Crippen molar-refractivity contribution in [1.29, 1.82) is 0 Å². The van der Waals surface area contributed by atoms with Gasteiger partial charge in [-0.05, 0) is 41.9 Å². The van der Waals surface area contributed by atoms with Gasteiger partial charge in [-0.25, -0.2) is 4.39 Å². The molecule has 6 heteroatoms. The van der Waals surface area contributed by atoms with E-state index < -0.39 is 0 Å². The Balaban J connectivity index is 1.58. The van der Waals surface area contributed by atoms with Crippen molar-refractivity contribution in [3.63, 3.8) is 0 Å². The summed E-state index contributed by atoms with van der Waals surface area (Å²) in [6, 6.07) is 8.53. The molecule has 1 amide bonds. The van der Waals surface area contributed by atoms with Gasteiger partial charge in [0, 0.05) is 4.90 Å². The van der Waals surface area contributed by atoms with Crippen LogP contribution in [0.2, 0.25) is 0 Å². The van der Waals surface area contributed by atoms with Gasteiger partial charge in [0.2, 0.25) is 5.91 Å². The summed E-state index contributed by atoms with van der Waals surface area (Å²) in [4.78, 5) is 13.0. The highest BCUT2D eigenvalue weighted by molar-refractivity contribution is 8.00. The minimum Gasteiger partial charge on any atom is -0.356 e. The number of nitrogens with one attached hydrogen (secondary N) is 3. The summed E-state index contributed by atoms with van der Waals surface area (Å²) < 4.78 is 13.3. The number of amides is 1. The molecule has 1 fully saturated rings. The molecule has 0 bridgehead atoms. The van der Waals surface area contributed by atoms with Crippen molar-refractivity contribution < 1.29 is 9.18 Å². The summed E-state index contributed by atoms with van der Waals surface area (Å²) in [7, 11) is 0. The Hall–Kier alpha value is -1.79. The van der Waals surface area contributed by atoms with Gasteiger partial charge in [-0.15, -0.1) is 0 Å². The van der Waals surface area contributed by atoms with Gasteiger partial charge in [-0.1, -0.05) is 23.9 Å². The van der Waals surface area contributed by atoms with E-state index >= 15 is 0 Å². The first-order valence-electron chi connectivity index (χ1n) is 6.90. The normalized spacial score (nSPS) is 23.3. The quantitative estimate of drug-likeness (QED) is 0.796. The van der Waals surface area contributed by atoms with Gasteiger partial charge >= 0.3 is 0 Å². The molecule has 2 heterocycles. The van der Waals surface area contributed by atoms with Crippen molar-refractivity contribution in [2.45, 2.75) is 22.9 Å². The van der Waals surface area contributed by atoms with Crippen molar-refractivity contribution >= 4 is 34.1 Å². The van der Waals surface area contributed by atoms with E-state index in [4.69, 9.17) is 0 Å². The molecule has 2 aromatic rings. The number of carbonyl (C=O) groups is 1. The highest BCUT2D eigenvalue weighted by Gasteiger charge is 2.29. The molecule has 0 radical (unpaired) electrons. The van der Waals surface area contributed by atoms with Crippen molar-refractivity contribution in [3.8, 4) is 0 Å². The van der Waals surface area contributed by atoms with E-state index in [1.807, 2.05) is 12.1 Å². The van der Waals surface area contributed by atoms with Crippen molar-refractivity contribution in [1.82, 2.24) is 10.6 Å². The lowest BCUT2D eigenvalue weighted by atomic mass is 10.1. The molecule has 0 aliphatic carbocycles. The van der Waals surface area contributed by atoms with Gasteiger partial charge < -0.3 is 16.0 Å². The van der Waals surface area contributed by atoms with E-state index in [2.05, 4.69) is 16.0 Å². The van der Waals surface area contributed by atoms with Crippen LogP contribution in [0.3, 0.4) is 0 Å². The van der Waals surface area contributed by atoms with E-state index in [1.165, 1.54) is 12.1 Å². The third-order valence-corrected chi connectivity index (χ3v) is 5.02. The fraction of sp³-hybridized carbons (Fsp3) is 0.267. The van der Waals surface area contributed by atoms with Gasteiger partial charge in [0.1, 0.15) is 5.82 Å². The molecular weight excluding hydrogens is 289 g/mol. The minimum atomic E-state index is -0.237. The fourth-order valence-electron chi connectivity index (χ4n) is 2.61. The van der Waals surface area contributed by atoms with E-state index in [-0.39, 0.29) is 23.3 Å². The Morgan fingerprint density at radius 1 is 1.33 bits per heavy atom. The molecule has 2 atom stereocenters. The van der Waals surface area contributed by atoms with Crippen LogP contribution in [0.1, 0.15) is 6.42 Å². The van der Waals surface area contributed by atoms with Gasteiger partial charge in [0.15, 0.2) is 5.50 Å². The Morgan fingerprint density at radius 3 is 2.95 bits per heavy atom. The molecule has 1 saturated heterocycles. The monoisotopic (exact) mass is 303 g/mol. The zero-order valence-electron chi connectivity index (χ0n) is 11.2. The summed E-state index contributed by atoms with van der Waals surface area (Å²) in [5, 5.41) is 11.2. The van der Waals surface area contributed by atoms with Crippen molar-refractivity contribution in [3.05, 3.63) is 36.1 Å². The minimum absolute atomic E-state index is 0.0226. The van der Waals surface area contributed by atoms with Crippen LogP contribution in [-0.2, 0) is 4.79 Å². The average molecular weight is 303 g/mol. The third-order valence-electron chi connectivity index (χ3n) is 3.87. The highest BCUT2D eigenvalue weighted by atomic mass is 32.2. The zero-order chi connectivity index (χ0) is 14.4. The largest absolute Gasteiger partial charge is 0.356 e. The number of fused-ring (bicyclic) bond motifs is 3. The SMILES string of the molecule is O=C(NC1Nc2ccc3cc(F)ccc3c2S1)[C@H]1CCN1. The summed E-state index contributed by atoms with van der Waals surface area (Å²) in [6.07, 6.45) is 0.887. The first-order chi connectivity index (χ1) is 10.2. The lowest BCUT2D eigenvalue weighted by Gasteiger charge is -2.27. The predicted octanol–water partition coefficient (Wildman–Crippen LogP) is 2.26. The van der Waals surface area contributed by atoms with Crippen LogP contribution in [0.25, 0.3) is 10.8 Å². The maximum atomic E-state index is 13.3. The van der Waals surface area contributed by atoms with E-state index in [9.17, 15) is 9.18 Å². The van der Waals surface area contributed by atoms with E-state index in [0.29, 0.717) is 0 Å². The molecular formula is C15H14FN3OS. The maximum Gasteiger partial charge on any atom is 0.239 e. The number of rotatable bonds is 2. The number of anilines is 1. The zero-order valence-corrected chi connectivity index (χ0v) is 12.0. The number of thioether (sulfide) groups is 1. The number of carbonyl (C=O) groups excluding carboxylic acids is 1. The first kappa shape index (κ1) is 12.9. The summed E-state index contributed by atoms with van der Waals surface area (Å²) in [5.74, 6) is -0.214. The molecule has 4 rings (SSSR count). The molecule has 21 heavy (non-hydrogen) atoms. The maximum absolute atomic E-state index is 13.3. The standard InChI is InChI=1S/C15H14FN3OS/c16-9-2-3-10-8(7-9)1-4-11-13(10)21-15(18-11)19-14(20)12-5-6-17-12/h1-4,7,12,15,17-18H,5-6H2,(H,19,20)/t12-,15?/m1/s1. The van der Waals surface area contributed by atoms with E-state index in [0.717, 1.165) is 34.3 Å². The van der Waals surface area contributed by atoms with Gasteiger partial charge in [0.05, 0.1) is 11.7 Å². The molecule has 3 N–H and O–H groups in total. The van der Waals surface area contributed by atoms with Crippen LogP contribution < -0.4 is 16.0 Å². The topological polar surface area (TPSA) is 53.2 Å². The smallest absolute Gasteiger partial charge is 0.239 e. The second-order valence-electron chi connectivity index (χ2n) is 5.25. The fourth-order valence-corrected chi connectivity index (χ4v) is 3.77. The van der Waals surface area contributed by atoms with Crippen LogP contribution in [0.15, 0.2) is 35.2 Å². The van der Waals surface area contributed by atoms with Crippen LogP contribution >= 0.6 is 11.8 Å².